The van der Waals surface area contributed by atoms with Crippen LogP contribution in [0.3, 0.4) is 0 Å². The number of rotatable bonds is 8. The van der Waals surface area contributed by atoms with Gasteiger partial charge in [0.15, 0.2) is 28.3 Å². The molecule has 0 unspecified atom stereocenters. The topological polar surface area (TPSA) is 84.3 Å². The van der Waals surface area contributed by atoms with Gasteiger partial charge in [0.1, 0.15) is 5.76 Å². The van der Waals surface area contributed by atoms with Crippen molar-refractivity contribution in [3.05, 3.63) is 64.9 Å². The van der Waals surface area contributed by atoms with Crippen molar-refractivity contribution in [3.63, 3.8) is 0 Å². The number of thioether (sulfide) groups is 1. The van der Waals surface area contributed by atoms with E-state index in [1.165, 1.54) is 11.8 Å². The third-order valence-corrected chi connectivity index (χ3v) is 7.08. The van der Waals surface area contributed by atoms with Crippen molar-refractivity contribution in [2.24, 2.45) is 0 Å². The number of benzene rings is 1. The minimum absolute atomic E-state index is 0.0710. The van der Waals surface area contributed by atoms with Crippen molar-refractivity contribution in [2.75, 3.05) is 12.5 Å². The highest BCUT2D eigenvalue weighted by Gasteiger charge is 2.21. The van der Waals surface area contributed by atoms with Gasteiger partial charge in [0.2, 0.25) is 6.79 Å². The van der Waals surface area contributed by atoms with Crippen LogP contribution in [-0.2, 0) is 13.1 Å². The molecule has 0 spiro atoms. The molecule has 34 heavy (non-hydrogen) atoms. The molecule has 9 heteroatoms. The van der Waals surface area contributed by atoms with Crippen LogP contribution in [0.25, 0.3) is 11.4 Å². The van der Waals surface area contributed by atoms with Crippen LogP contribution in [0.1, 0.15) is 40.0 Å². The Morgan fingerprint density at radius 2 is 1.88 bits per heavy atom. The molecule has 3 aromatic heterocycles. The lowest BCUT2D eigenvalue weighted by molar-refractivity contribution is 0.102. The van der Waals surface area contributed by atoms with Crippen molar-refractivity contribution < 1.29 is 18.7 Å². The molecule has 176 valence electrons. The number of hydrogen-bond acceptors (Lipinski definition) is 7. The lowest BCUT2D eigenvalue weighted by Gasteiger charge is -2.11. The Kier molecular flexibility index (Phi) is 5.95. The summed E-state index contributed by atoms with van der Waals surface area (Å²) in [5.41, 5.74) is 4.74. The van der Waals surface area contributed by atoms with Crippen LogP contribution >= 0.6 is 11.8 Å². The van der Waals surface area contributed by atoms with Crippen molar-refractivity contribution in [2.45, 2.75) is 45.9 Å². The number of ether oxygens (including phenoxy) is 2. The van der Waals surface area contributed by atoms with E-state index in [0.29, 0.717) is 13.1 Å². The molecule has 0 saturated heterocycles. The summed E-state index contributed by atoms with van der Waals surface area (Å²) < 4.78 is 20.5. The van der Waals surface area contributed by atoms with Gasteiger partial charge in [0.05, 0.1) is 17.6 Å². The number of Topliss-reactive ketones (excluding diaryl/α,β-unsaturated/α-hetero) is 1. The van der Waals surface area contributed by atoms with Crippen LogP contribution in [0.2, 0.25) is 0 Å². The van der Waals surface area contributed by atoms with Gasteiger partial charge in [-0.25, -0.2) is 0 Å². The first-order valence-corrected chi connectivity index (χ1v) is 12.1. The van der Waals surface area contributed by atoms with Crippen LogP contribution in [-0.4, -0.2) is 37.7 Å². The van der Waals surface area contributed by atoms with Gasteiger partial charge in [0, 0.05) is 30.0 Å². The average molecular weight is 479 g/mol. The Morgan fingerprint density at radius 3 is 2.65 bits per heavy atom. The van der Waals surface area contributed by atoms with Gasteiger partial charge < -0.3 is 23.0 Å². The van der Waals surface area contributed by atoms with E-state index in [4.69, 9.17) is 13.9 Å². The van der Waals surface area contributed by atoms with Gasteiger partial charge in [0.25, 0.3) is 0 Å². The molecule has 0 atom stereocenters. The number of ketones is 1. The SMILES string of the molecule is CCn1c(SCC(=O)c2cc(C)n(Cc3ccc4c(c3)OCO4)c2C)nnc1-c1ccoc1C. The number of aryl methyl sites for hydroxylation is 2. The third kappa shape index (κ3) is 4.00. The molecule has 0 saturated carbocycles. The standard InChI is InChI=1S/C25H26N4O4S/c1-5-28-24(19-8-9-31-17(19)4)26-27-25(28)34-13-21(30)20-10-15(2)29(16(20)3)12-18-6-7-22-23(11-18)33-14-32-22/h6-11H,5,12-14H2,1-4H3. The van der Waals surface area contributed by atoms with Gasteiger partial charge in [-0.2, -0.15) is 0 Å². The molecule has 0 amide bonds. The molecular formula is C25H26N4O4S. The molecule has 0 N–H and O–H groups in total. The van der Waals surface area contributed by atoms with Crippen LogP contribution in [0.15, 0.2) is 46.2 Å². The van der Waals surface area contributed by atoms with E-state index in [1.54, 1.807) is 6.26 Å². The summed E-state index contributed by atoms with van der Waals surface area (Å²) in [6.45, 7) is 9.58. The Hall–Kier alpha value is -3.46. The lowest BCUT2D eigenvalue weighted by Crippen LogP contribution is -2.08. The van der Waals surface area contributed by atoms with Crippen LogP contribution in [0.5, 0.6) is 11.5 Å². The lowest BCUT2D eigenvalue weighted by atomic mass is 10.1. The van der Waals surface area contributed by atoms with Crippen LogP contribution in [0, 0.1) is 20.8 Å². The molecule has 5 rings (SSSR count). The van der Waals surface area contributed by atoms with E-state index < -0.39 is 0 Å². The second-order valence-electron chi connectivity index (χ2n) is 8.21. The summed E-state index contributed by atoms with van der Waals surface area (Å²) in [6.07, 6.45) is 1.65. The molecule has 4 aromatic rings. The van der Waals surface area contributed by atoms with Crippen molar-refractivity contribution in [1.82, 2.24) is 19.3 Å². The van der Waals surface area contributed by atoms with Gasteiger partial charge in [-0.3, -0.25) is 4.79 Å². The Labute approximate surface area is 201 Å². The predicted octanol–water partition coefficient (Wildman–Crippen LogP) is 5.04. The van der Waals surface area contributed by atoms with E-state index in [2.05, 4.69) is 14.8 Å². The third-order valence-electron chi connectivity index (χ3n) is 6.12. The first-order valence-electron chi connectivity index (χ1n) is 11.1. The van der Waals surface area contributed by atoms with E-state index in [0.717, 1.165) is 56.3 Å². The second-order valence-corrected chi connectivity index (χ2v) is 9.15. The van der Waals surface area contributed by atoms with E-state index >= 15 is 0 Å². The van der Waals surface area contributed by atoms with Gasteiger partial charge in [-0.15, -0.1) is 10.2 Å². The molecule has 1 aromatic carbocycles. The fraction of sp³-hybridized carbons (Fsp3) is 0.320. The smallest absolute Gasteiger partial charge is 0.231 e. The Morgan fingerprint density at radius 1 is 1.06 bits per heavy atom. The normalized spacial score (nSPS) is 12.5. The molecule has 1 aliphatic rings. The summed E-state index contributed by atoms with van der Waals surface area (Å²) in [4.78, 5) is 13.2. The monoisotopic (exact) mass is 478 g/mol. The summed E-state index contributed by atoms with van der Waals surface area (Å²) in [6, 6.07) is 9.81. The van der Waals surface area contributed by atoms with Gasteiger partial charge in [-0.05, 0) is 57.5 Å². The van der Waals surface area contributed by atoms with Crippen LogP contribution in [0.4, 0.5) is 0 Å². The first kappa shape index (κ1) is 22.3. The summed E-state index contributed by atoms with van der Waals surface area (Å²) >= 11 is 1.41. The van der Waals surface area contributed by atoms with Crippen LogP contribution < -0.4 is 9.47 Å². The molecule has 1 aliphatic heterocycles. The van der Waals surface area contributed by atoms with E-state index in [1.807, 2.05) is 62.6 Å². The van der Waals surface area contributed by atoms with E-state index in [9.17, 15) is 4.79 Å². The number of aromatic nitrogens is 4. The van der Waals surface area contributed by atoms with Crippen molar-refractivity contribution in [1.29, 1.82) is 0 Å². The minimum atomic E-state index is 0.0710. The predicted molar refractivity (Wildman–Crippen MR) is 129 cm³/mol. The maximum Gasteiger partial charge on any atom is 0.231 e. The molecule has 0 radical (unpaired) electrons. The average Bonchev–Trinajstić information content (AvgIpc) is 3.60. The number of furan rings is 1. The fourth-order valence-corrected chi connectivity index (χ4v) is 5.14. The molecule has 8 nitrogen and oxygen atoms in total. The summed E-state index contributed by atoms with van der Waals surface area (Å²) in [5, 5.41) is 9.40. The number of carbonyl (C=O) groups is 1. The zero-order chi connectivity index (χ0) is 23.8. The number of nitrogens with zero attached hydrogens (tertiary/aromatic N) is 4. The molecule has 0 aliphatic carbocycles. The van der Waals surface area contributed by atoms with Gasteiger partial charge >= 0.3 is 0 Å². The number of fused-ring (bicyclic) bond motifs is 1. The molecule has 4 heterocycles. The highest BCUT2D eigenvalue weighted by Crippen LogP contribution is 2.33. The van der Waals surface area contributed by atoms with Gasteiger partial charge in [-0.1, -0.05) is 17.8 Å². The largest absolute Gasteiger partial charge is 0.469 e. The maximum atomic E-state index is 13.2. The summed E-state index contributed by atoms with van der Waals surface area (Å²) in [5.74, 6) is 3.44. The zero-order valence-corrected chi connectivity index (χ0v) is 20.4. The molecule has 0 fully saturated rings. The number of carbonyl (C=O) groups excluding carboxylic acids is 1. The highest BCUT2D eigenvalue weighted by molar-refractivity contribution is 7.99. The zero-order valence-electron chi connectivity index (χ0n) is 19.6. The first-order chi connectivity index (χ1) is 16.5. The number of hydrogen-bond donors (Lipinski definition) is 0. The summed E-state index contributed by atoms with van der Waals surface area (Å²) in [7, 11) is 0. The minimum Gasteiger partial charge on any atom is -0.469 e. The van der Waals surface area contributed by atoms with Crippen molar-refractivity contribution in [3.8, 4) is 22.9 Å². The fourth-order valence-electron chi connectivity index (χ4n) is 4.25. The molecule has 0 bridgehead atoms. The van der Waals surface area contributed by atoms with Crippen molar-refractivity contribution >= 4 is 17.5 Å². The van der Waals surface area contributed by atoms with E-state index in [-0.39, 0.29) is 18.3 Å². The second kappa shape index (κ2) is 9.06. The highest BCUT2D eigenvalue weighted by atomic mass is 32.2. The Bertz CT molecular complexity index is 1370. The quantitative estimate of drug-likeness (QED) is 0.259. The molecular weight excluding hydrogens is 452 g/mol. The maximum absolute atomic E-state index is 13.2. The Balaban J connectivity index is 1.31.